The lowest BCUT2D eigenvalue weighted by molar-refractivity contribution is -0.141. The standard InChI is InChI=1S/C21H20N4O5S/c1-29-14-6-7-15(30-2)20-19(14)23-21(31-20)25(11-13-5-3-4-10-22-13)18(28)12-24-16(26)8-9-17(24)27/h3-7,10H,8-9,11-12H2,1-2H3. The van der Waals surface area contributed by atoms with E-state index in [0.717, 1.165) is 9.60 Å². The second kappa shape index (κ2) is 8.68. The number of imide groups is 1. The molecule has 160 valence electrons. The van der Waals surface area contributed by atoms with Crippen LogP contribution < -0.4 is 14.4 Å². The van der Waals surface area contributed by atoms with Gasteiger partial charge >= 0.3 is 0 Å². The fourth-order valence-electron chi connectivity index (χ4n) is 3.33. The van der Waals surface area contributed by atoms with Crippen LogP contribution in [0.1, 0.15) is 18.5 Å². The van der Waals surface area contributed by atoms with Gasteiger partial charge in [0.2, 0.25) is 17.7 Å². The normalized spacial score (nSPS) is 13.7. The van der Waals surface area contributed by atoms with E-state index >= 15 is 0 Å². The zero-order chi connectivity index (χ0) is 22.0. The van der Waals surface area contributed by atoms with Gasteiger partial charge in [0.05, 0.1) is 26.5 Å². The van der Waals surface area contributed by atoms with Gasteiger partial charge in [0.1, 0.15) is 28.3 Å². The Balaban J connectivity index is 1.74. The van der Waals surface area contributed by atoms with Gasteiger partial charge < -0.3 is 9.47 Å². The van der Waals surface area contributed by atoms with Crippen LogP contribution in [0, 0.1) is 0 Å². The molecule has 0 saturated carbocycles. The number of amides is 3. The number of methoxy groups -OCH3 is 2. The van der Waals surface area contributed by atoms with Gasteiger partial charge in [-0.1, -0.05) is 17.4 Å². The highest BCUT2D eigenvalue weighted by atomic mass is 32.1. The Hall–Kier alpha value is -3.53. The van der Waals surface area contributed by atoms with Crippen molar-refractivity contribution in [2.75, 3.05) is 25.7 Å². The number of ether oxygens (including phenoxy) is 2. The SMILES string of the molecule is COc1ccc(OC)c2sc(N(Cc3ccccn3)C(=O)CN3C(=O)CCC3=O)nc12. The summed E-state index contributed by atoms with van der Waals surface area (Å²) in [4.78, 5) is 48.6. The van der Waals surface area contributed by atoms with Gasteiger partial charge in [-0.05, 0) is 24.3 Å². The molecule has 2 aromatic heterocycles. The lowest BCUT2D eigenvalue weighted by Crippen LogP contribution is -2.42. The second-order valence-electron chi connectivity index (χ2n) is 6.82. The van der Waals surface area contributed by atoms with Crippen molar-refractivity contribution in [2.45, 2.75) is 19.4 Å². The molecule has 0 spiro atoms. The van der Waals surface area contributed by atoms with E-state index in [0.29, 0.717) is 27.8 Å². The number of benzene rings is 1. The number of fused-ring (bicyclic) bond motifs is 1. The number of aromatic nitrogens is 2. The number of hydrogen-bond donors (Lipinski definition) is 0. The van der Waals surface area contributed by atoms with Gasteiger partial charge in [-0.3, -0.25) is 29.2 Å². The molecule has 3 aromatic rings. The Morgan fingerprint density at radius 1 is 1.10 bits per heavy atom. The Morgan fingerprint density at radius 3 is 2.45 bits per heavy atom. The van der Waals surface area contributed by atoms with Crippen molar-refractivity contribution < 1.29 is 23.9 Å². The molecule has 10 heteroatoms. The van der Waals surface area contributed by atoms with Gasteiger partial charge in [0, 0.05) is 19.0 Å². The molecule has 3 heterocycles. The molecule has 0 N–H and O–H groups in total. The maximum absolute atomic E-state index is 13.2. The van der Waals surface area contributed by atoms with Crippen LogP contribution in [-0.2, 0) is 20.9 Å². The van der Waals surface area contributed by atoms with Crippen LogP contribution in [0.3, 0.4) is 0 Å². The average Bonchev–Trinajstić information content (AvgIpc) is 3.36. The number of carbonyl (C=O) groups is 3. The molecular formula is C21H20N4O5S. The zero-order valence-corrected chi connectivity index (χ0v) is 17.8. The topological polar surface area (TPSA) is 102 Å². The monoisotopic (exact) mass is 440 g/mol. The van der Waals surface area contributed by atoms with Gasteiger partial charge in [0.15, 0.2) is 5.13 Å². The number of anilines is 1. The second-order valence-corrected chi connectivity index (χ2v) is 7.80. The van der Waals surface area contributed by atoms with Crippen molar-refractivity contribution >= 4 is 44.4 Å². The average molecular weight is 440 g/mol. The van der Waals surface area contributed by atoms with E-state index in [4.69, 9.17) is 9.47 Å². The summed E-state index contributed by atoms with van der Waals surface area (Å²) in [6.45, 7) is -0.199. The Bertz CT molecular complexity index is 1090. The molecule has 1 fully saturated rings. The van der Waals surface area contributed by atoms with Crippen LogP contribution in [0.2, 0.25) is 0 Å². The number of thiazole rings is 1. The summed E-state index contributed by atoms with van der Waals surface area (Å²) in [5.74, 6) is 0.0434. The minimum atomic E-state index is -0.425. The Morgan fingerprint density at radius 2 is 1.81 bits per heavy atom. The molecule has 4 rings (SSSR count). The quantitative estimate of drug-likeness (QED) is 0.520. The fraction of sp³-hybridized carbons (Fsp3) is 0.286. The molecule has 0 atom stereocenters. The summed E-state index contributed by atoms with van der Waals surface area (Å²) in [5.41, 5.74) is 1.21. The molecule has 1 aliphatic rings. The first-order chi connectivity index (χ1) is 15.0. The molecule has 0 bridgehead atoms. The van der Waals surface area contributed by atoms with Gasteiger partial charge in [-0.2, -0.15) is 0 Å². The summed E-state index contributed by atoms with van der Waals surface area (Å²) >= 11 is 1.27. The number of pyridine rings is 1. The lowest BCUT2D eigenvalue weighted by atomic mass is 10.3. The molecule has 3 amide bonds. The highest BCUT2D eigenvalue weighted by Gasteiger charge is 2.33. The van der Waals surface area contributed by atoms with E-state index in [1.54, 1.807) is 44.7 Å². The van der Waals surface area contributed by atoms with Crippen LogP contribution >= 0.6 is 11.3 Å². The van der Waals surface area contributed by atoms with E-state index in [2.05, 4.69) is 9.97 Å². The first kappa shape index (κ1) is 20.7. The maximum Gasteiger partial charge on any atom is 0.249 e. The summed E-state index contributed by atoms with van der Waals surface area (Å²) in [6.07, 6.45) is 1.89. The van der Waals surface area contributed by atoms with E-state index in [1.165, 1.54) is 16.2 Å². The summed E-state index contributed by atoms with van der Waals surface area (Å²) < 4.78 is 11.6. The van der Waals surface area contributed by atoms with E-state index in [-0.39, 0.29) is 37.7 Å². The third kappa shape index (κ3) is 4.06. The Kier molecular flexibility index (Phi) is 5.81. The minimum Gasteiger partial charge on any atom is -0.495 e. The maximum atomic E-state index is 13.2. The van der Waals surface area contributed by atoms with Crippen molar-refractivity contribution in [3.8, 4) is 11.5 Å². The van der Waals surface area contributed by atoms with Crippen molar-refractivity contribution in [2.24, 2.45) is 0 Å². The van der Waals surface area contributed by atoms with Gasteiger partial charge in [-0.25, -0.2) is 4.98 Å². The van der Waals surface area contributed by atoms with Gasteiger partial charge in [-0.15, -0.1) is 0 Å². The number of likely N-dealkylation sites (tertiary alicyclic amines) is 1. The summed E-state index contributed by atoms with van der Waals surface area (Å²) in [5, 5.41) is 0.396. The molecule has 0 unspecified atom stereocenters. The first-order valence-electron chi connectivity index (χ1n) is 9.56. The van der Waals surface area contributed by atoms with Crippen LogP contribution in [0.5, 0.6) is 11.5 Å². The molecule has 9 nitrogen and oxygen atoms in total. The van der Waals surface area contributed by atoms with E-state index in [1.807, 2.05) is 6.07 Å². The zero-order valence-electron chi connectivity index (χ0n) is 17.0. The number of rotatable bonds is 7. The molecule has 0 radical (unpaired) electrons. The molecule has 1 saturated heterocycles. The van der Waals surface area contributed by atoms with Crippen molar-refractivity contribution in [3.63, 3.8) is 0 Å². The molecule has 0 aliphatic carbocycles. The molecule has 1 aromatic carbocycles. The largest absolute Gasteiger partial charge is 0.495 e. The van der Waals surface area contributed by atoms with Crippen LogP contribution in [0.15, 0.2) is 36.5 Å². The number of hydrogen-bond acceptors (Lipinski definition) is 8. The molecule has 1 aliphatic heterocycles. The summed E-state index contributed by atoms with van der Waals surface area (Å²) in [7, 11) is 3.10. The third-order valence-electron chi connectivity index (χ3n) is 4.93. The van der Waals surface area contributed by atoms with Crippen molar-refractivity contribution in [3.05, 3.63) is 42.2 Å². The van der Waals surface area contributed by atoms with Crippen LogP contribution in [0.25, 0.3) is 10.2 Å². The van der Waals surface area contributed by atoms with E-state index in [9.17, 15) is 14.4 Å². The lowest BCUT2D eigenvalue weighted by Gasteiger charge is -2.22. The number of nitrogens with zero attached hydrogens (tertiary/aromatic N) is 4. The minimum absolute atomic E-state index is 0.127. The third-order valence-corrected chi connectivity index (χ3v) is 6.02. The van der Waals surface area contributed by atoms with Gasteiger partial charge in [0.25, 0.3) is 0 Å². The first-order valence-corrected chi connectivity index (χ1v) is 10.4. The van der Waals surface area contributed by atoms with Crippen LogP contribution in [0.4, 0.5) is 5.13 Å². The predicted molar refractivity (Wildman–Crippen MR) is 114 cm³/mol. The smallest absolute Gasteiger partial charge is 0.249 e. The predicted octanol–water partition coefficient (Wildman–Crippen LogP) is 2.39. The fourth-order valence-corrected chi connectivity index (χ4v) is 4.42. The van der Waals surface area contributed by atoms with Crippen LogP contribution in [-0.4, -0.2) is 53.4 Å². The highest BCUT2D eigenvalue weighted by Crippen LogP contribution is 2.40. The molecular weight excluding hydrogens is 420 g/mol. The highest BCUT2D eigenvalue weighted by molar-refractivity contribution is 7.22. The number of carbonyl (C=O) groups excluding carboxylic acids is 3. The summed E-state index contributed by atoms with van der Waals surface area (Å²) in [6, 6.07) is 8.92. The van der Waals surface area contributed by atoms with Crippen molar-refractivity contribution in [1.29, 1.82) is 0 Å². The van der Waals surface area contributed by atoms with Crippen molar-refractivity contribution in [1.82, 2.24) is 14.9 Å². The van der Waals surface area contributed by atoms with E-state index < -0.39 is 5.91 Å². The Labute approximate surface area is 182 Å². The molecule has 31 heavy (non-hydrogen) atoms.